The maximum Gasteiger partial charge on any atom is 0.0440 e. The highest BCUT2D eigenvalue weighted by Gasteiger charge is 2.36. The zero-order valence-corrected chi connectivity index (χ0v) is 14.1. The predicted molar refractivity (Wildman–Crippen MR) is 91.1 cm³/mol. The molecular weight excluding hydrogens is 256 g/mol. The monoisotopic (exact) mass is 286 g/mol. The van der Waals surface area contributed by atoms with Gasteiger partial charge in [0, 0.05) is 30.9 Å². The molecule has 0 spiro atoms. The second-order valence-electron chi connectivity index (χ2n) is 7.40. The van der Waals surface area contributed by atoms with Crippen LogP contribution in [0.25, 0.3) is 0 Å². The molecule has 1 aromatic carbocycles. The van der Waals surface area contributed by atoms with Crippen LogP contribution in [0.4, 0.5) is 5.69 Å². The molecule has 2 aliphatic heterocycles. The number of nitrogens with zero attached hydrogens (tertiary/aromatic N) is 2. The molecular formula is C19H30N2. The van der Waals surface area contributed by atoms with Crippen molar-refractivity contribution in [2.75, 3.05) is 24.5 Å². The number of aryl methyl sites for hydroxylation is 2. The van der Waals surface area contributed by atoms with Crippen molar-refractivity contribution in [3.63, 3.8) is 0 Å². The van der Waals surface area contributed by atoms with E-state index in [0.29, 0.717) is 12.0 Å². The second-order valence-corrected chi connectivity index (χ2v) is 7.40. The van der Waals surface area contributed by atoms with Gasteiger partial charge in [-0.25, -0.2) is 0 Å². The van der Waals surface area contributed by atoms with E-state index in [0.717, 1.165) is 6.04 Å². The molecule has 116 valence electrons. The molecule has 2 heteroatoms. The Balaban J connectivity index is 1.91. The minimum absolute atomic E-state index is 0.653. The Kier molecular flexibility index (Phi) is 4.26. The lowest BCUT2D eigenvalue weighted by atomic mass is 9.91. The van der Waals surface area contributed by atoms with E-state index in [4.69, 9.17) is 0 Å². The van der Waals surface area contributed by atoms with Gasteiger partial charge in [-0.2, -0.15) is 0 Å². The molecule has 1 aromatic rings. The molecule has 3 rings (SSSR count). The van der Waals surface area contributed by atoms with Gasteiger partial charge in [-0.15, -0.1) is 0 Å². The summed E-state index contributed by atoms with van der Waals surface area (Å²) in [6.07, 6.45) is 4.19. The molecule has 2 saturated heterocycles. The van der Waals surface area contributed by atoms with Gasteiger partial charge in [0.25, 0.3) is 0 Å². The summed E-state index contributed by atoms with van der Waals surface area (Å²) in [6, 6.07) is 8.34. The molecule has 0 aliphatic carbocycles. The fourth-order valence-electron chi connectivity index (χ4n) is 4.08. The van der Waals surface area contributed by atoms with E-state index in [1.807, 2.05) is 0 Å². The highest BCUT2D eigenvalue weighted by molar-refractivity contribution is 5.56. The molecule has 0 radical (unpaired) electrons. The minimum atomic E-state index is 0.653. The first-order valence-corrected chi connectivity index (χ1v) is 8.64. The van der Waals surface area contributed by atoms with E-state index >= 15 is 0 Å². The van der Waals surface area contributed by atoms with Gasteiger partial charge in [-0.05, 0) is 56.3 Å². The van der Waals surface area contributed by atoms with Gasteiger partial charge in [-0.3, -0.25) is 4.90 Å². The summed E-state index contributed by atoms with van der Waals surface area (Å²) in [5, 5.41) is 0. The molecule has 0 bridgehead atoms. The first-order chi connectivity index (χ1) is 10.1. The standard InChI is InChI=1S/C19H30N2/c1-14(2)19-13-20-10-6-5-7-17(20)12-21(19)18-11-15(3)8-9-16(18)4/h8-9,11,14,17,19H,5-7,10,12-13H2,1-4H3. The normalized spacial score (nSPS) is 27.0. The summed E-state index contributed by atoms with van der Waals surface area (Å²) in [7, 11) is 0. The molecule has 2 unspecified atom stereocenters. The Labute approximate surface area is 130 Å². The van der Waals surface area contributed by atoms with Crippen molar-refractivity contribution in [1.29, 1.82) is 0 Å². The van der Waals surface area contributed by atoms with Crippen LogP contribution in [0, 0.1) is 19.8 Å². The van der Waals surface area contributed by atoms with Gasteiger partial charge >= 0.3 is 0 Å². The fraction of sp³-hybridized carbons (Fsp3) is 0.684. The average Bonchev–Trinajstić information content (AvgIpc) is 2.48. The average molecular weight is 286 g/mol. The predicted octanol–water partition coefficient (Wildman–Crippen LogP) is 4.00. The van der Waals surface area contributed by atoms with Gasteiger partial charge in [0.2, 0.25) is 0 Å². The number of piperidine rings is 1. The Bertz CT molecular complexity index is 494. The summed E-state index contributed by atoms with van der Waals surface area (Å²) in [4.78, 5) is 5.48. The van der Waals surface area contributed by atoms with Gasteiger partial charge in [0.15, 0.2) is 0 Å². The van der Waals surface area contributed by atoms with E-state index in [2.05, 4.69) is 55.7 Å². The topological polar surface area (TPSA) is 6.48 Å². The van der Waals surface area contributed by atoms with Gasteiger partial charge < -0.3 is 4.90 Å². The maximum absolute atomic E-state index is 2.76. The number of piperazine rings is 1. The van der Waals surface area contributed by atoms with Crippen molar-refractivity contribution in [3.8, 4) is 0 Å². The largest absolute Gasteiger partial charge is 0.365 e. The number of rotatable bonds is 2. The van der Waals surface area contributed by atoms with Crippen LogP contribution in [0.15, 0.2) is 18.2 Å². The summed E-state index contributed by atoms with van der Waals surface area (Å²) >= 11 is 0. The molecule has 2 atom stereocenters. The van der Waals surface area contributed by atoms with Crippen LogP contribution < -0.4 is 4.90 Å². The Hall–Kier alpha value is -1.02. The van der Waals surface area contributed by atoms with Gasteiger partial charge in [0.05, 0.1) is 0 Å². The fourth-order valence-corrected chi connectivity index (χ4v) is 4.08. The number of fused-ring (bicyclic) bond motifs is 1. The number of hydrogen-bond acceptors (Lipinski definition) is 2. The molecule has 2 heterocycles. The van der Waals surface area contributed by atoms with Crippen LogP contribution in [0.1, 0.15) is 44.2 Å². The summed E-state index contributed by atoms with van der Waals surface area (Å²) in [6.45, 7) is 13.0. The third-order valence-corrected chi connectivity index (χ3v) is 5.42. The van der Waals surface area contributed by atoms with Crippen LogP contribution in [-0.2, 0) is 0 Å². The van der Waals surface area contributed by atoms with Crippen LogP contribution in [0.3, 0.4) is 0 Å². The Morgan fingerprint density at radius 1 is 1.10 bits per heavy atom. The van der Waals surface area contributed by atoms with Gasteiger partial charge in [-0.1, -0.05) is 32.4 Å². The minimum Gasteiger partial charge on any atom is -0.365 e. The van der Waals surface area contributed by atoms with Gasteiger partial charge in [0.1, 0.15) is 0 Å². The van der Waals surface area contributed by atoms with Crippen LogP contribution in [0.2, 0.25) is 0 Å². The molecule has 21 heavy (non-hydrogen) atoms. The zero-order chi connectivity index (χ0) is 15.0. The third-order valence-electron chi connectivity index (χ3n) is 5.42. The Morgan fingerprint density at radius 3 is 2.67 bits per heavy atom. The summed E-state index contributed by atoms with van der Waals surface area (Å²) < 4.78 is 0. The highest BCUT2D eigenvalue weighted by atomic mass is 15.3. The van der Waals surface area contributed by atoms with Crippen molar-refractivity contribution in [2.24, 2.45) is 5.92 Å². The van der Waals surface area contributed by atoms with Crippen LogP contribution in [0.5, 0.6) is 0 Å². The Morgan fingerprint density at radius 2 is 1.90 bits per heavy atom. The molecule has 2 nitrogen and oxygen atoms in total. The smallest absolute Gasteiger partial charge is 0.0440 e. The summed E-state index contributed by atoms with van der Waals surface area (Å²) in [5.74, 6) is 0.702. The zero-order valence-electron chi connectivity index (χ0n) is 14.1. The first kappa shape index (κ1) is 14.9. The third kappa shape index (κ3) is 2.96. The molecule has 2 fully saturated rings. The van der Waals surface area contributed by atoms with Crippen molar-refractivity contribution in [2.45, 2.75) is 59.0 Å². The molecule has 2 aliphatic rings. The van der Waals surface area contributed by atoms with E-state index in [9.17, 15) is 0 Å². The lowest BCUT2D eigenvalue weighted by molar-refractivity contribution is 0.100. The first-order valence-electron chi connectivity index (χ1n) is 8.64. The molecule has 0 N–H and O–H groups in total. The van der Waals surface area contributed by atoms with Crippen molar-refractivity contribution in [3.05, 3.63) is 29.3 Å². The summed E-state index contributed by atoms with van der Waals surface area (Å²) in [5.41, 5.74) is 4.28. The molecule has 0 amide bonds. The lowest BCUT2D eigenvalue weighted by Crippen LogP contribution is -2.61. The van der Waals surface area contributed by atoms with E-state index in [-0.39, 0.29) is 0 Å². The van der Waals surface area contributed by atoms with Crippen molar-refractivity contribution < 1.29 is 0 Å². The number of hydrogen-bond donors (Lipinski definition) is 0. The van der Waals surface area contributed by atoms with E-state index < -0.39 is 0 Å². The SMILES string of the molecule is Cc1ccc(C)c(N2CC3CCCCN3CC2C(C)C)c1. The quantitative estimate of drug-likeness (QED) is 0.810. The van der Waals surface area contributed by atoms with E-state index in [1.54, 1.807) is 0 Å². The number of anilines is 1. The maximum atomic E-state index is 2.76. The van der Waals surface area contributed by atoms with E-state index in [1.165, 1.54) is 55.7 Å². The lowest BCUT2D eigenvalue weighted by Gasteiger charge is -2.51. The van der Waals surface area contributed by atoms with Crippen molar-refractivity contribution >= 4 is 5.69 Å². The van der Waals surface area contributed by atoms with Crippen LogP contribution in [-0.4, -0.2) is 36.6 Å². The van der Waals surface area contributed by atoms with Crippen LogP contribution >= 0.6 is 0 Å². The second kappa shape index (κ2) is 6.00. The molecule has 0 aromatic heterocycles. The number of benzene rings is 1. The van der Waals surface area contributed by atoms with Crippen molar-refractivity contribution in [1.82, 2.24) is 4.90 Å². The molecule has 0 saturated carbocycles. The highest BCUT2D eigenvalue weighted by Crippen LogP contribution is 2.33.